The van der Waals surface area contributed by atoms with Crippen LogP contribution in [0, 0.1) is 0 Å². The Hall–Kier alpha value is -1.88. The molecule has 5 nitrogen and oxygen atoms in total. The monoisotopic (exact) mass is 332 g/mol. The highest BCUT2D eigenvalue weighted by Gasteiger charge is 2.24. The van der Waals surface area contributed by atoms with Crippen molar-refractivity contribution in [2.75, 3.05) is 24.6 Å². The maximum atomic E-state index is 12.3. The lowest BCUT2D eigenvalue weighted by Gasteiger charge is -2.29. The lowest BCUT2D eigenvalue weighted by molar-refractivity contribution is -0.123. The van der Waals surface area contributed by atoms with E-state index in [4.69, 9.17) is 4.74 Å². The second-order valence-corrected chi connectivity index (χ2v) is 7.31. The van der Waals surface area contributed by atoms with E-state index >= 15 is 0 Å². The van der Waals surface area contributed by atoms with Crippen molar-refractivity contribution in [1.29, 1.82) is 0 Å². The summed E-state index contributed by atoms with van der Waals surface area (Å²) in [5, 5.41) is 2.88. The van der Waals surface area contributed by atoms with Gasteiger partial charge in [0.2, 0.25) is 11.8 Å². The number of ether oxygens (including phenoxy) is 1. The van der Waals surface area contributed by atoms with Crippen LogP contribution < -0.4 is 10.2 Å². The van der Waals surface area contributed by atoms with Gasteiger partial charge in [0.05, 0.1) is 6.10 Å². The second-order valence-electron chi connectivity index (χ2n) is 7.31. The molecule has 1 aromatic carbocycles. The van der Waals surface area contributed by atoms with Gasteiger partial charge in [-0.2, -0.15) is 0 Å². The molecule has 2 rings (SSSR count). The molecule has 0 bridgehead atoms. The number of carbonyl (C=O) groups is 2. The van der Waals surface area contributed by atoms with E-state index in [-0.39, 0.29) is 29.9 Å². The van der Waals surface area contributed by atoms with Gasteiger partial charge in [0, 0.05) is 25.8 Å². The molecule has 0 aromatic heterocycles. The zero-order valence-corrected chi connectivity index (χ0v) is 15.1. The first kappa shape index (κ1) is 18.5. The van der Waals surface area contributed by atoms with Crippen molar-refractivity contribution >= 4 is 17.5 Å². The summed E-state index contributed by atoms with van der Waals surface area (Å²) in [5.41, 5.74) is 1.73. The topological polar surface area (TPSA) is 58.6 Å². The van der Waals surface area contributed by atoms with Crippen LogP contribution in [-0.2, 0) is 19.7 Å². The average molecular weight is 332 g/mol. The van der Waals surface area contributed by atoms with Gasteiger partial charge >= 0.3 is 0 Å². The first-order chi connectivity index (χ1) is 11.3. The Morgan fingerprint density at radius 3 is 2.58 bits per heavy atom. The number of rotatable bonds is 5. The Morgan fingerprint density at radius 1 is 1.29 bits per heavy atom. The molecule has 1 N–H and O–H groups in total. The molecule has 132 valence electrons. The minimum absolute atomic E-state index is 0.0230. The fraction of sp³-hybridized carbons (Fsp3) is 0.579. The summed E-state index contributed by atoms with van der Waals surface area (Å²) in [5.74, 6) is -0.302. The Kier molecular flexibility index (Phi) is 5.99. The molecule has 0 radical (unpaired) electrons. The molecular formula is C19H28N2O3. The van der Waals surface area contributed by atoms with E-state index in [1.54, 1.807) is 4.90 Å². The maximum absolute atomic E-state index is 12.3. The third-order valence-corrected chi connectivity index (χ3v) is 4.24. The summed E-state index contributed by atoms with van der Waals surface area (Å²) in [6.45, 7) is 9.08. The minimum atomic E-state index is -0.163. The maximum Gasteiger partial charge on any atom is 0.240 e. The Labute approximate surface area is 144 Å². The van der Waals surface area contributed by atoms with Gasteiger partial charge in [-0.3, -0.25) is 9.59 Å². The molecule has 0 saturated carbocycles. The zero-order chi connectivity index (χ0) is 17.7. The fourth-order valence-corrected chi connectivity index (χ4v) is 2.94. The largest absolute Gasteiger partial charge is 0.376 e. The molecule has 1 aliphatic rings. The van der Waals surface area contributed by atoms with Gasteiger partial charge in [0.25, 0.3) is 0 Å². The van der Waals surface area contributed by atoms with Gasteiger partial charge in [0.15, 0.2) is 0 Å². The van der Waals surface area contributed by atoms with E-state index < -0.39 is 0 Å². The van der Waals surface area contributed by atoms with Crippen molar-refractivity contribution in [2.24, 2.45) is 0 Å². The lowest BCUT2D eigenvalue weighted by Crippen LogP contribution is -2.42. The summed E-state index contributed by atoms with van der Waals surface area (Å²) >= 11 is 0. The standard InChI is InChI=1S/C19H28N2O3/c1-14(22)21(13-18(23)20-12-15-8-7-11-24-15)17-10-6-5-9-16(17)19(2,3)4/h5-6,9-10,15H,7-8,11-13H2,1-4H3,(H,20,23). The molecule has 2 amide bonds. The van der Waals surface area contributed by atoms with Crippen molar-refractivity contribution in [1.82, 2.24) is 5.32 Å². The molecule has 5 heteroatoms. The molecule has 1 atom stereocenters. The lowest BCUT2D eigenvalue weighted by atomic mass is 9.85. The first-order valence-corrected chi connectivity index (χ1v) is 8.55. The van der Waals surface area contributed by atoms with Crippen molar-refractivity contribution < 1.29 is 14.3 Å². The second kappa shape index (κ2) is 7.79. The minimum Gasteiger partial charge on any atom is -0.376 e. The van der Waals surface area contributed by atoms with E-state index in [0.29, 0.717) is 6.54 Å². The molecule has 1 fully saturated rings. The quantitative estimate of drug-likeness (QED) is 0.902. The van der Waals surface area contributed by atoms with Crippen LogP contribution in [-0.4, -0.2) is 37.6 Å². The van der Waals surface area contributed by atoms with E-state index in [9.17, 15) is 9.59 Å². The number of anilines is 1. The summed E-state index contributed by atoms with van der Waals surface area (Å²) in [6, 6.07) is 7.76. The van der Waals surface area contributed by atoms with E-state index in [0.717, 1.165) is 30.7 Å². The zero-order valence-electron chi connectivity index (χ0n) is 15.1. The third kappa shape index (κ3) is 4.81. The smallest absolute Gasteiger partial charge is 0.240 e. The molecular weight excluding hydrogens is 304 g/mol. The highest BCUT2D eigenvalue weighted by molar-refractivity contribution is 5.98. The van der Waals surface area contributed by atoms with Crippen LogP contribution >= 0.6 is 0 Å². The van der Waals surface area contributed by atoms with Gasteiger partial charge in [0.1, 0.15) is 6.54 Å². The van der Waals surface area contributed by atoms with Crippen LogP contribution in [0.4, 0.5) is 5.69 Å². The number of para-hydroxylation sites is 1. The SMILES string of the molecule is CC(=O)N(CC(=O)NCC1CCCO1)c1ccccc1C(C)(C)C. The van der Waals surface area contributed by atoms with Crippen molar-refractivity contribution in [3.8, 4) is 0 Å². The van der Waals surface area contributed by atoms with E-state index in [1.807, 2.05) is 24.3 Å². The highest BCUT2D eigenvalue weighted by atomic mass is 16.5. The number of nitrogens with zero attached hydrogens (tertiary/aromatic N) is 1. The molecule has 0 spiro atoms. The molecule has 0 aliphatic carbocycles. The normalized spacial score (nSPS) is 17.6. The number of hydrogen-bond acceptors (Lipinski definition) is 3. The number of carbonyl (C=O) groups excluding carboxylic acids is 2. The summed E-state index contributed by atoms with van der Waals surface area (Å²) in [4.78, 5) is 26.0. The number of nitrogens with one attached hydrogen (secondary N) is 1. The molecule has 1 aromatic rings. The summed E-state index contributed by atoms with van der Waals surface area (Å²) in [6.07, 6.45) is 2.12. The van der Waals surface area contributed by atoms with Crippen molar-refractivity contribution in [3.63, 3.8) is 0 Å². The molecule has 24 heavy (non-hydrogen) atoms. The Balaban J connectivity index is 2.09. The number of benzene rings is 1. The van der Waals surface area contributed by atoms with Crippen LogP contribution in [0.25, 0.3) is 0 Å². The van der Waals surface area contributed by atoms with Crippen molar-refractivity contribution in [3.05, 3.63) is 29.8 Å². The predicted molar refractivity (Wildman–Crippen MR) is 95.2 cm³/mol. The van der Waals surface area contributed by atoms with Crippen LogP contribution in [0.3, 0.4) is 0 Å². The summed E-state index contributed by atoms with van der Waals surface area (Å²) in [7, 11) is 0. The van der Waals surface area contributed by atoms with Gasteiger partial charge in [-0.05, 0) is 29.9 Å². The van der Waals surface area contributed by atoms with Gasteiger partial charge in [-0.1, -0.05) is 39.0 Å². The van der Waals surface area contributed by atoms with Gasteiger partial charge in [-0.25, -0.2) is 0 Å². The van der Waals surface area contributed by atoms with Crippen LogP contribution in [0.15, 0.2) is 24.3 Å². The van der Waals surface area contributed by atoms with Crippen LogP contribution in [0.1, 0.15) is 46.1 Å². The van der Waals surface area contributed by atoms with Crippen LogP contribution in [0.2, 0.25) is 0 Å². The van der Waals surface area contributed by atoms with Crippen LogP contribution in [0.5, 0.6) is 0 Å². The predicted octanol–water partition coefficient (Wildman–Crippen LogP) is 2.63. The van der Waals surface area contributed by atoms with E-state index in [2.05, 4.69) is 26.1 Å². The van der Waals surface area contributed by atoms with Gasteiger partial charge < -0.3 is 15.0 Å². The Bertz CT molecular complexity index is 587. The third-order valence-electron chi connectivity index (χ3n) is 4.24. The number of amides is 2. The van der Waals surface area contributed by atoms with E-state index in [1.165, 1.54) is 6.92 Å². The first-order valence-electron chi connectivity index (χ1n) is 8.55. The fourth-order valence-electron chi connectivity index (χ4n) is 2.94. The molecule has 1 unspecified atom stereocenters. The summed E-state index contributed by atoms with van der Waals surface area (Å²) < 4.78 is 5.51. The average Bonchev–Trinajstić information content (AvgIpc) is 3.03. The highest BCUT2D eigenvalue weighted by Crippen LogP contribution is 2.31. The molecule has 1 saturated heterocycles. The molecule has 1 aliphatic heterocycles. The Morgan fingerprint density at radius 2 is 2.00 bits per heavy atom. The molecule has 1 heterocycles. The van der Waals surface area contributed by atoms with Crippen molar-refractivity contribution in [2.45, 2.75) is 52.1 Å². The van der Waals surface area contributed by atoms with Gasteiger partial charge in [-0.15, -0.1) is 0 Å². The number of hydrogen-bond donors (Lipinski definition) is 1.